The van der Waals surface area contributed by atoms with Crippen molar-refractivity contribution >= 4 is 5.91 Å². The van der Waals surface area contributed by atoms with Crippen LogP contribution >= 0.6 is 0 Å². The predicted molar refractivity (Wildman–Crippen MR) is 83.7 cm³/mol. The van der Waals surface area contributed by atoms with Gasteiger partial charge in [-0.3, -0.25) is 9.69 Å². The molecule has 1 saturated heterocycles. The molecule has 0 aliphatic carbocycles. The van der Waals surface area contributed by atoms with Gasteiger partial charge in [0.1, 0.15) is 0 Å². The number of hydrogen-bond donors (Lipinski definition) is 0. The van der Waals surface area contributed by atoms with E-state index in [4.69, 9.17) is 4.52 Å². The highest BCUT2D eigenvalue weighted by atomic mass is 16.5. The maximum Gasteiger partial charge on any atom is 0.292 e. The van der Waals surface area contributed by atoms with Gasteiger partial charge in [0.25, 0.3) is 5.91 Å². The van der Waals surface area contributed by atoms with Crippen molar-refractivity contribution in [2.24, 2.45) is 0 Å². The first-order valence-electron chi connectivity index (χ1n) is 7.71. The minimum absolute atomic E-state index is 0.0525. The van der Waals surface area contributed by atoms with Crippen LogP contribution in [0.4, 0.5) is 0 Å². The van der Waals surface area contributed by atoms with Gasteiger partial charge in [0.05, 0.1) is 5.69 Å². The second kappa shape index (κ2) is 6.75. The third-order valence-corrected chi connectivity index (χ3v) is 4.06. The van der Waals surface area contributed by atoms with E-state index in [-0.39, 0.29) is 5.91 Å². The molecule has 0 saturated carbocycles. The van der Waals surface area contributed by atoms with Gasteiger partial charge in [-0.1, -0.05) is 35.5 Å². The summed E-state index contributed by atoms with van der Waals surface area (Å²) in [5.41, 5.74) is 2.10. The SMILES string of the molecule is Cc1cc(C(=O)N2CCN(CCc3ccccc3)CC2)on1. The van der Waals surface area contributed by atoms with Gasteiger partial charge in [-0.05, 0) is 18.9 Å². The van der Waals surface area contributed by atoms with Gasteiger partial charge in [-0.25, -0.2) is 0 Å². The summed E-state index contributed by atoms with van der Waals surface area (Å²) < 4.78 is 5.06. The summed E-state index contributed by atoms with van der Waals surface area (Å²) in [7, 11) is 0. The molecule has 0 bridgehead atoms. The van der Waals surface area contributed by atoms with Crippen LogP contribution < -0.4 is 0 Å². The Morgan fingerprint density at radius 1 is 1.18 bits per heavy atom. The molecule has 0 N–H and O–H groups in total. The fraction of sp³-hybridized carbons (Fsp3) is 0.412. The molecule has 22 heavy (non-hydrogen) atoms. The third kappa shape index (κ3) is 3.54. The molecule has 0 atom stereocenters. The van der Waals surface area contributed by atoms with Crippen LogP contribution in [0.5, 0.6) is 0 Å². The Kier molecular flexibility index (Phi) is 4.53. The van der Waals surface area contributed by atoms with Gasteiger partial charge in [0, 0.05) is 38.8 Å². The van der Waals surface area contributed by atoms with Crippen LogP contribution in [0.1, 0.15) is 21.8 Å². The molecule has 1 aromatic carbocycles. The number of benzene rings is 1. The highest BCUT2D eigenvalue weighted by molar-refractivity contribution is 5.91. The number of hydrogen-bond acceptors (Lipinski definition) is 4. The lowest BCUT2D eigenvalue weighted by Gasteiger charge is -2.34. The summed E-state index contributed by atoms with van der Waals surface area (Å²) in [4.78, 5) is 16.5. The largest absolute Gasteiger partial charge is 0.351 e. The Morgan fingerprint density at radius 2 is 1.91 bits per heavy atom. The van der Waals surface area contributed by atoms with E-state index in [1.165, 1.54) is 5.56 Å². The van der Waals surface area contributed by atoms with Gasteiger partial charge < -0.3 is 9.42 Å². The number of aryl methyl sites for hydroxylation is 1. The van der Waals surface area contributed by atoms with Crippen molar-refractivity contribution in [3.8, 4) is 0 Å². The molecule has 0 unspecified atom stereocenters. The normalized spacial score (nSPS) is 16.0. The Balaban J connectivity index is 1.47. The summed E-state index contributed by atoms with van der Waals surface area (Å²) in [5, 5.41) is 3.78. The number of nitrogens with zero attached hydrogens (tertiary/aromatic N) is 3. The van der Waals surface area contributed by atoms with Crippen molar-refractivity contribution in [1.29, 1.82) is 0 Å². The van der Waals surface area contributed by atoms with E-state index in [0.29, 0.717) is 5.76 Å². The lowest BCUT2D eigenvalue weighted by Crippen LogP contribution is -2.49. The van der Waals surface area contributed by atoms with E-state index < -0.39 is 0 Å². The molecular formula is C17H21N3O2. The zero-order chi connectivity index (χ0) is 15.4. The summed E-state index contributed by atoms with van der Waals surface area (Å²) >= 11 is 0. The summed E-state index contributed by atoms with van der Waals surface area (Å²) in [5.74, 6) is 0.290. The third-order valence-electron chi connectivity index (χ3n) is 4.06. The van der Waals surface area contributed by atoms with Crippen molar-refractivity contribution in [2.75, 3.05) is 32.7 Å². The monoisotopic (exact) mass is 299 g/mol. The molecule has 0 spiro atoms. The van der Waals surface area contributed by atoms with Crippen molar-refractivity contribution in [3.05, 3.63) is 53.4 Å². The van der Waals surface area contributed by atoms with Crippen molar-refractivity contribution < 1.29 is 9.32 Å². The second-order valence-corrected chi connectivity index (χ2v) is 5.70. The topological polar surface area (TPSA) is 49.6 Å². The molecule has 2 aromatic rings. The van der Waals surface area contributed by atoms with E-state index in [1.807, 2.05) is 17.9 Å². The summed E-state index contributed by atoms with van der Waals surface area (Å²) in [6.07, 6.45) is 1.05. The smallest absolute Gasteiger partial charge is 0.292 e. The van der Waals surface area contributed by atoms with Crippen LogP contribution in [0.2, 0.25) is 0 Å². The molecule has 116 valence electrons. The Labute approximate surface area is 130 Å². The van der Waals surface area contributed by atoms with Crippen molar-refractivity contribution in [1.82, 2.24) is 15.0 Å². The quantitative estimate of drug-likeness (QED) is 0.866. The first-order chi connectivity index (χ1) is 10.7. The summed E-state index contributed by atoms with van der Waals surface area (Å²) in [6.45, 7) is 6.16. The highest BCUT2D eigenvalue weighted by Crippen LogP contribution is 2.10. The first-order valence-corrected chi connectivity index (χ1v) is 7.71. The number of amides is 1. The molecule has 0 radical (unpaired) electrons. The fourth-order valence-electron chi connectivity index (χ4n) is 2.73. The van der Waals surface area contributed by atoms with E-state index >= 15 is 0 Å². The average Bonchev–Trinajstić information content (AvgIpc) is 3.00. The number of piperazine rings is 1. The van der Waals surface area contributed by atoms with Crippen LogP contribution in [0.3, 0.4) is 0 Å². The molecular weight excluding hydrogens is 278 g/mol. The minimum Gasteiger partial charge on any atom is -0.351 e. The van der Waals surface area contributed by atoms with Crippen LogP contribution in [0, 0.1) is 6.92 Å². The van der Waals surface area contributed by atoms with Crippen molar-refractivity contribution in [3.63, 3.8) is 0 Å². The van der Waals surface area contributed by atoms with Crippen LogP contribution in [0.15, 0.2) is 40.9 Å². The lowest BCUT2D eigenvalue weighted by molar-refractivity contribution is 0.0598. The summed E-state index contributed by atoms with van der Waals surface area (Å²) in [6, 6.07) is 12.2. The van der Waals surface area contributed by atoms with E-state index in [2.05, 4.69) is 34.3 Å². The maximum absolute atomic E-state index is 12.3. The Hall–Kier alpha value is -2.14. The Bertz CT molecular complexity index is 616. The standard InChI is InChI=1S/C17H21N3O2/c1-14-13-16(22-18-14)17(21)20-11-9-19(10-12-20)8-7-15-5-3-2-4-6-15/h2-6,13H,7-12H2,1H3. The number of rotatable bonds is 4. The zero-order valence-corrected chi connectivity index (χ0v) is 12.9. The number of aromatic nitrogens is 1. The maximum atomic E-state index is 12.3. The van der Waals surface area contributed by atoms with Gasteiger partial charge in [-0.2, -0.15) is 0 Å². The average molecular weight is 299 g/mol. The molecule has 3 rings (SSSR count). The molecule has 1 fully saturated rings. The van der Waals surface area contributed by atoms with Crippen LogP contribution in [-0.4, -0.2) is 53.6 Å². The van der Waals surface area contributed by atoms with E-state index in [0.717, 1.165) is 44.8 Å². The van der Waals surface area contributed by atoms with Crippen LogP contribution in [0.25, 0.3) is 0 Å². The van der Waals surface area contributed by atoms with E-state index in [9.17, 15) is 4.79 Å². The van der Waals surface area contributed by atoms with Crippen molar-refractivity contribution in [2.45, 2.75) is 13.3 Å². The first kappa shape index (κ1) is 14.8. The zero-order valence-electron chi connectivity index (χ0n) is 12.9. The molecule has 2 heterocycles. The van der Waals surface area contributed by atoms with Gasteiger partial charge in [-0.15, -0.1) is 0 Å². The Morgan fingerprint density at radius 3 is 2.55 bits per heavy atom. The fourth-order valence-corrected chi connectivity index (χ4v) is 2.73. The van der Waals surface area contributed by atoms with Crippen LogP contribution in [-0.2, 0) is 6.42 Å². The molecule has 1 aliphatic heterocycles. The highest BCUT2D eigenvalue weighted by Gasteiger charge is 2.24. The molecule has 5 heteroatoms. The second-order valence-electron chi connectivity index (χ2n) is 5.70. The number of carbonyl (C=O) groups excluding carboxylic acids is 1. The van der Waals surface area contributed by atoms with Gasteiger partial charge in [0.2, 0.25) is 5.76 Å². The molecule has 5 nitrogen and oxygen atoms in total. The molecule has 1 amide bonds. The lowest BCUT2D eigenvalue weighted by atomic mass is 10.1. The van der Waals surface area contributed by atoms with Gasteiger partial charge >= 0.3 is 0 Å². The van der Waals surface area contributed by atoms with E-state index in [1.54, 1.807) is 6.07 Å². The predicted octanol–water partition coefficient (Wildman–Crippen LogP) is 1.98. The number of carbonyl (C=O) groups is 1. The van der Waals surface area contributed by atoms with Gasteiger partial charge in [0.15, 0.2) is 0 Å². The molecule has 1 aromatic heterocycles. The molecule has 1 aliphatic rings. The minimum atomic E-state index is -0.0525.